The van der Waals surface area contributed by atoms with E-state index in [1.54, 1.807) is 10.6 Å². The van der Waals surface area contributed by atoms with E-state index < -0.39 is 0 Å². The van der Waals surface area contributed by atoms with Crippen molar-refractivity contribution in [3.8, 4) is 0 Å². The van der Waals surface area contributed by atoms with Gasteiger partial charge in [-0.05, 0) is 138 Å². The molecule has 328 valence electrons. The molecule has 0 saturated heterocycles. The SMILES string of the molecule is C1CCCC1.C1CCCC1.CC(C1CCCC1P(c1ccccc1)C1CCCC1)N(C)C.CC(C1CCCC1P(c1ccccc1)C1CCCC1)N(C)C.[Fe].[Fe].[Fe]. The fraction of sp³-hybridized carbons (Fsp3) is 0.760. The Labute approximate surface area is 388 Å². The maximum absolute atomic E-state index is 2.45. The van der Waals surface area contributed by atoms with Crippen molar-refractivity contribution in [3.05, 3.63) is 60.7 Å². The molecule has 8 rings (SSSR count). The summed E-state index contributed by atoms with van der Waals surface area (Å²) in [6, 6.07) is 24.6. The molecule has 6 aliphatic rings. The topological polar surface area (TPSA) is 6.48 Å². The molecule has 8 unspecified atom stereocenters. The first-order chi connectivity index (χ1) is 26.4. The van der Waals surface area contributed by atoms with Crippen molar-refractivity contribution >= 4 is 26.5 Å². The van der Waals surface area contributed by atoms with Gasteiger partial charge >= 0.3 is 0 Å². The van der Waals surface area contributed by atoms with E-state index in [4.69, 9.17) is 0 Å². The number of benzene rings is 2. The van der Waals surface area contributed by atoms with Crippen LogP contribution < -0.4 is 10.6 Å². The molecule has 6 fully saturated rings. The van der Waals surface area contributed by atoms with E-state index in [-0.39, 0.29) is 67.0 Å². The maximum atomic E-state index is 2.45. The minimum absolute atomic E-state index is 0. The van der Waals surface area contributed by atoms with Gasteiger partial charge in [-0.3, -0.25) is 0 Å². The first-order valence-electron chi connectivity index (χ1n) is 23.4. The summed E-state index contributed by atoms with van der Waals surface area (Å²) in [4.78, 5) is 4.91. The van der Waals surface area contributed by atoms with Gasteiger partial charge in [-0.1, -0.05) is 179 Å². The minimum Gasteiger partial charge on any atom is -0.306 e. The first kappa shape index (κ1) is 53.9. The van der Waals surface area contributed by atoms with Gasteiger partial charge < -0.3 is 9.80 Å². The summed E-state index contributed by atoms with van der Waals surface area (Å²) in [5, 5.41) is 3.37. The summed E-state index contributed by atoms with van der Waals surface area (Å²) in [5.74, 6) is 1.81. The molecule has 0 bridgehead atoms. The number of rotatable bonds is 10. The maximum Gasteiger partial charge on any atom is 0.00952 e. The summed E-state index contributed by atoms with van der Waals surface area (Å²) >= 11 is 0. The molecule has 0 spiro atoms. The van der Waals surface area contributed by atoms with Crippen molar-refractivity contribution in [2.45, 2.75) is 203 Å². The molecular formula is C50H84Fe3N2P2. The van der Waals surface area contributed by atoms with E-state index in [1.165, 1.54) is 154 Å². The average molecular weight is 943 g/mol. The van der Waals surface area contributed by atoms with Gasteiger partial charge in [0.15, 0.2) is 0 Å². The third-order valence-electron chi connectivity index (χ3n) is 14.7. The van der Waals surface area contributed by atoms with Crippen LogP contribution in [0.3, 0.4) is 0 Å². The van der Waals surface area contributed by atoms with Crippen LogP contribution in [0, 0.1) is 11.8 Å². The zero-order valence-corrected chi connectivity index (χ0v) is 42.3. The molecule has 2 aromatic rings. The normalized spacial score (nSPS) is 26.7. The molecule has 0 amide bonds. The van der Waals surface area contributed by atoms with Gasteiger partial charge in [-0.25, -0.2) is 0 Å². The fourth-order valence-corrected chi connectivity index (χ4v) is 19.3. The Hall–Kier alpha value is 0.778. The van der Waals surface area contributed by atoms with Crippen LogP contribution in [0.4, 0.5) is 0 Å². The standard InChI is InChI=1S/2C20H32NP.2C5H10.3Fe/c2*1-16(21(2)3)19-14-9-15-20(19)22(18-12-7-8-13-18)17-10-5-4-6-11-17;2*1-2-4-5-3-1;;;/h2*4-6,10-11,16,18-20H,7-9,12-15H2,1-3H3;2*1-5H2;;;. The molecule has 0 aromatic heterocycles. The Morgan fingerprint density at radius 2 is 0.667 bits per heavy atom. The Bertz CT molecular complexity index is 1140. The third-order valence-corrected chi connectivity index (χ3v) is 21.8. The Morgan fingerprint density at radius 3 is 0.930 bits per heavy atom. The van der Waals surface area contributed by atoms with Crippen molar-refractivity contribution in [3.63, 3.8) is 0 Å². The first-order valence-corrected chi connectivity index (χ1v) is 26.3. The summed E-state index contributed by atoms with van der Waals surface area (Å²) in [5.41, 5.74) is 3.91. The molecule has 0 N–H and O–H groups in total. The van der Waals surface area contributed by atoms with Crippen LogP contribution in [0.1, 0.15) is 168 Å². The van der Waals surface area contributed by atoms with Crippen LogP contribution in [0.25, 0.3) is 0 Å². The second kappa shape index (κ2) is 30.0. The fourth-order valence-electron chi connectivity index (χ4n) is 11.2. The summed E-state index contributed by atoms with van der Waals surface area (Å²) in [7, 11) is 9.09. The van der Waals surface area contributed by atoms with Gasteiger partial charge in [-0.15, -0.1) is 0 Å². The molecule has 8 atom stereocenters. The van der Waals surface area contributed by atoms with Crippen molar-refractivity contribution in [1.29, 1.82) is 0 Å². The van der Waals surface area contributed by atoms with Crippen LogP contribution >= 0.6 is 15.8 Å². The predicted octanol–water partition coefficient (Wildman–Crippen LogP) is 13.6. The van der Waals surface area contributed by atoms with Gasteiger partial charge in [0, 0.05) is 63.3 Å². The van der Waals surface area contributed by atoms with Crippen LogP contribution in [0.5, 0.6) is 0 Å². The summed E-state index contributed by atoms with van der Waals surface area (Å²) in [6.07, 6.45) is 35.6. The quantitative estimate of drug-likeness (QED) is 0.173. The van der Waals surface area contributed by atoms with Gasteiger partial charge in [-0.2, -0.15) is 0 Å². The largest absolute Gasteiger partial charge is 0.306 e. The van der Waals surface area contributed by atoms with Crippen LogP contribution in [-0.4, -0.2) is 72.7 Å². The van der Waals surface area contributed by atoms with Crippen LogP contribution in [0.2, 0.25) is 0 Å². The van der Waals surface area contributed by atoms with Crippen LogP contribution in [0.15, 0.2) is 60.7 Å². The van der Waals surface area contributed by atoms with E-state index in [0.717, 1.165) is 46.6 Å². The van der Waals surface area contributed by atoms with Crippen molar-refractivity contribution in [2.24, 2.45) is 11.8 Å². The van der Waals surface area contributed by atoms with E-state index in [0.29, 0.717) is 0 Å². The molecule has 7 heteroatoms. The Balaban J connectivity index is 0.000000302. The van der Waals surface area contributed by atoms with Crippen LogP contribution in [-0.2, 0) is 51.2 Å². The van der Waals surface area contributed by atoms with Gasteiger partial charge in [0.05, 0.1) is 0 Å². The predicted molar refractivity (Wildman–Crippen MR) is 245 cm³/mol. The molecule has 0 radical (unpaired) electrons. The second-order valence-corrected chi connectivity index (χ2v) is 24.1. The van der Waals surface area contributed by atoms with Crippen molar-refractivity contribution < 1.29 is 51.2 Å². The monoisotopic (exact) mass is 942 g/mol. The average Bonchev–Trinajstić information content (AvgIpc) is 4.05. The Morgan fingerprint density at radius 1 is 0.386 bits per heavy atom. The molecular weight excluding hydrogens is 858 g/mol. The molecule has 0 heterocycles. The molecule has 2 nitrogen and oxygen atoms in total. The molecule has 6 aliphatic carbocycles. The smallest absolute Gasteiger partial charge is 0.00952 e. The second-order valence-electron chi connectivity index (χ2n) is 18.6. The van der Waals surface area contributed by atoms with Crippen molar-refractivity contribution in [2.75, 3.05) is 28.2 Å². The zero-order chi connectivity index (χ0) is 38.1. The van der Waals surface area contributed by atoms with Gasteiger partial charge in [0.25, 0.3) is 0 Å². The third kappa shape index (κ3) is 16.8. The summed E-state index contributed by atoms with van der Waals surface area (Å²) in [6.45, 7) is 4.91. The van der Waals surface area contributed by atoms with Gasteiger partial charge in [0.1, 0.15) is 0 Å². The van der Waals surface area contributed by atoms with E-state index in [2.05, 4.69) is 113 Å². The van der Waals surface area contributed by atoms with Crippen molar-refractivity contribution in [1.82, 2.24) is 9.80 Å². The molecule has 6 saturated carbocycles. The minimum atomic E-state index is 0. The zero-order valence-electron chi connectivity index (χ0n) is 37.2. The molecule has 2 aromatic carbocycles. The molecule has 0 aliphatic heterocycles. The summed E-state index contributed by atoms with van der Waals surface area (Å²) < 4.78 is 0. The number of nitrogens with zero attached hydrogens (tertiary/aromatic N) is 2. The van der Waals surface area contributed by atoms with E-state index in [1.807, 2.05) is 0 Å². The van der Waals surface area contributed by atoms with Gasteiger partial charge in [0.2, 0.25) is 0 Å². The number of hydrogen-bond donors (Lipinski definition) is 0. The Kier molecular flexibility index (Phi) is 28.3. The number of hydrogen-bond acceptors (Lipinski definition) is 2. The van der Waals surface area contributed by atoms with E-state index >= 15 is 0 Å². The molecule has 57 heavy (non-hydrogen) atoms. The van der Waals surface area contributed by atoms with E-state index in [9.17, 15) is 0 Å².